The third-order valence-corrected chi connectivity index (χ3v) is 2.75. The van der Waals surface area contributed by atoms with E-state index in [1.54, 1.807) is 10.8 Å². The molecule has 0 aliphatic heterocycles. The Morgan fingerprint density at radius 3 is 2.17 bits per heavy atom. The minimum absolute atomic E-state index is 0.847. The van der Waals surface area contributed by atoms with Gasteiger partial charge < -0.3 is 0 Å². The smallest absolute Gasteiger partial charge is 0.0160 e. The average Bonchev–Trinajstić information content (AvgIpc) is 1.31. The van der Waals surface area contributed by atoms with Crippen LogP contribution in [0.25, 0.3) is 0 Å². The first-order chi connectivity index (χ1) is 2.93. The van der Waals surface area contributed by atoms with Crippen LogP contribution < -0.4 is 0 Å². The molecular formula is C4H7S2. The second-order valence-electron chi connectivity index (χ2n) is 1.65. The van der Waals surface area contributed by atoms with Gasteiger partial charge in [-0.15, -0.1) is 0 Å². The standard InChI is InChI=1S/C4H7S2/c5-6-4-2-1-3-4/h4H,1-3H2. The SMILES string of the molecule is [S]SC1CCC1. The predicted molar refractivity (Wildman–Crippen MR) is 32.8 cm³/mol. The molecule has 1 aliphatic rings. The Hall–Kier alpha value is 0.700. The molecule has 1 aliphatic carbocycles. The molecule has 0 heterocycles. The van der Waals surface area contributed by atoms with E-state index in [1.165, 1.54) is 19.3 Å². The molecule has 1 rings (SSSR count). The maximum absolute atomic E-state index is 4.74. The van der Waals surface area contributed by atoms with E-state index in [-0.39, 0.29) is 0 Å². The van der Waals surface area contributed by atoms with E-state index in [0.29, 0.717) is 0 Å². The van der Waals surface area contributed by atoms with Crippen LogP contribution in [0.15, 0.2) is 0 Å². The molecule has 0 amide bonds. The van der Waals surface area contributed by atoms with E-state index >= 15 is 0 Å². The Morgan fingerprint density at radius 2 is 2.17 bits per heavy atom. The Bertz CT molecular complexity index is 38.1. The van der Waals surface area contributed by atoms with Gasteiger partial charge in [-0.2, -0.15) is 0 Å². The summed E-state index contributed by atoms with van der Waals surface area (Å²) < 4.78 is 0. The molecule has 0 nitrogen and oxygen atoms in total. The van der Waals surface area contributed by atoms with E-state index < -0.39 is 0 Å². The minimum atomic E-state index is 0.847. The summed E-state index contributed by atoms with van der Waals surface area (Å²) in [6, 6.07) is 0. The van der Waals surface area contributed by atoms with E-state index in [1.807, 2.05) is 0 Å². The van der Waals surface area contributed by atoms with Crippen molar-refractivity contribution in [3.63, 3.8) is 0 Å². The molecule has 1 radical (unpaired) electrons. The molecule has 0 saturated heterocycles. The molecule has 35 valence electrons. The summed E-state index contributed by atoms with van der Waals surface area (Å²) in [5.74, 6) is 0. The molecule has 0 atom stereocenters. The summed E-state index contributed by atoms with van der Waals surface area (Å²) in [5, 5.41) is 0.847. The van der Waals surface area contributed by atoms with Gasteiger partial charge in [-0.3, -0.25) is 0 Å². The summed E-state index contributed by atoms with van der Waals surface area (Å²) >= 11 is 4.74. The van der Waals surface area contributed by atoms with Gasteiger partial charge in [0.1, 0.15) is 0 Å². The van der Waals surface area contributed by atoms with Crippen LogP contribution in [0.3, 0.4) is 0 Å². The monoisotopic (exact) mass is 119 g/mol. The van der Waals surface area contributed by atoms with Gasteiger partial charge in [0.15, 0.2) is 0 Å². The first-order valence-electron chi connectivity index (χ1n) is 2.22. The van der Waals surface area contributed by atoms with Gasteiger partial charge in [-0.1, -0.05) is 17.2 Å². The molecule has 0 unspecified atom stereocenters. The van der Waals surface area contributed by atoms with Gasteiger partial charge in [-0.25, -0.2) is 0 Å². The first-order valence-corrected chi connectivity index (χ1v) is 4.02. The van der Waals surface area contributed by atoms with Gasteiger partial charge in [-0.05, 0) is 24.5 Å². The fourth-order valence-corrected chi connectivity index (χ4v) is 1.57. The Morgan fingerprint density at radius 1 is 1.50 bits per heavy atom. The van der Waals surface area contributed by atoms with Crippen molar-refractivity contribution in [1.29, 1.82) is 0 Å². The second-order valence-corrected chi connectivity index (χ2v) is 3.09. The summed E-state index contributed by atoms with van der Waals surface area (Å²) in [6.07, 6.45) is 4.15. The molecular weight excluding hydrogens is 112 g/mol. The zero-order valence-electron chi connectivity index (χ0n) is 3.52. The average molecular weight is 119 g/mol. The van der Waals surface area contributed by atoms with Crippen molar-refractivity contribution in [3.05, 3.63) is 0 Å². The molecule has 1 fully saturated rings. The predicted octanol–water partition coefficient (Wildman–Crippen LogP) is 2.38. The van der Waals surface area contributed by atoms with Crippen molar-refractivity contribution in [3.8, 4) is 0 Å². The van der Waals surface area contributed by atoms with Crippen molar-refractivity contribution in [2.24, 2.45) is 0 Å². The molecule has 2 heteroatoms. The van der Waals surface area contributed by atoms with E-state index in [2.05, 4.69) is 0 Å². The van der Waals surface area contributed by atoms with Crippen molar-refractivity contribution < 1.29 is 0 Å². The molecule has 0 aromatic carbocycles. The van der Waals surface area contributed by atoms with Crippen LogP contribution in [0.4, 0.5) is 0 Å². The van der Waals surface area contributed by atoms with Gasteiger partial charge >= 0.3 is 0 Å². The first kappa shape index (κ1) is 4.85. The van der Waals surface area contributed by atoms with Crippen LogP contribution in [0, 0.1) is 0 Å². The lowest BCUT2D eigenvalue weighted by Crippen LogP contribution is -2.10. The molecule has 0 aromatic heterocycles. The fourth-order valence-electron chi connectivity index (χ4n) is 0.467. The minimum Gasteiger partial charge on any atom is -0.0783 e. The maximum atomic E-state index is 4.74. The normalized spacial score (nSPS) is 23.5. The van der Waals surface area contributed by atoms with Crippen molar-refractivity contribution in [2.75, 3.05) is 0 Å². The third-order valence-electron chi connectivity index (χ3n) is 1.19. The molecule has 6 heavy (non-hydrogen) atoms. The number of hydrogen-bond donors (Lipinski definition) is 0. The lowest BCUT2D eigenvalue weighted by Gasteiger charge is -2.20. The third kappa shape index (κ3) is 0.850. The molecule has 0 bridgehead atoms. The van der Waals surface area contributed by atoms with Gasteiger partial charge in [0.2, 0.25) is 0 Å². The quantitative estimate of drug-likeness (QED) is 0.477. The summed E-state index contributed by atoms with van der Waals surface area (Å²) in [6.45, 7) is 0. The molecule has 1 saturated carbocycles. The van der Waals surface area contributed by atoms with Crippen LogP contribution >= 0.6 is 22.5 Å². The molecule has 0 spiro atoms. The zero-order valence-corrected chi connectivity index (χ0v) is 5.15. The summed E-state index contributed by atoms with van der Waals surface area (Å²) in [5.41, 5.74) is 0. The summed E-state index contributed by atoms with van der Waals surface area (Å²) in [4.78, 5) is 0. The Kier molecular flexibility index (Phi) is 1.72. The fraction of sp³-hybridized carbons (Fsp3) is 1.00. The van der Waals surface area contributed by atoms with Gasteiger partial charge in [0.25, 0.3) is 0 Å². The van der Waals surface area contributed by atoms with Crippen molar-refractivity contribution >= 4 is 22.5 Å². The van der Waals surface area contributed by atoms with E-state index in [9.17, 15) is 0 Å². The van der Waals surface area contributed by atoms with Crippen molar-refractivity contribution in [2.45, 2.75) is 24.5 Å². The maximum Gasteiger partial charge on any atom is 0.0160 e. The largest absolute Gasteiger partial charge is 0.0783 e. The lowest BCUT2D eigenvalue weighted by atomic mass is 10.0. The topological polar surface area (TPSA) is 0 Å². The van der Waals surface area contributed by atoms with Crippen LogP contribution in [0.1, 0.15) is 19.3 Å². The van der Waals surface area contributed by atoms with Crippen LogP contribution in [-0.2, 0) is 0 Å². The second kappa shape index (κ2) is 2.12. The number of rotatable bonds is 1. The highest BCUT2D eigenvalue weighted by Gasteiger charge is 2.15. The van der Waals surface area contributed by atoms with Gasteiger partial charge in [0, 0.05) is 5.25 Å². The highest BCUT2D eigenvalue weighted by Crippen LogP contribution is 2.32. The lowest BCUT2D eigenvalue weighted by molar-refractivity contribution is 0.524. The Balaban J connectivity index is 2.01. The van der Waals surface area contributed by atoms with Gasteiger partial charge in [0.05, 0.1) is 0 Å². The zero-order chi connectivity index (χ0) is 4.41. The van der Waals surface area contributed by atoms with Crippen molar-refractivity contribution in [1.82, 2.24) is 0 Å². The number of hydrogen-bond acceptors (Lipinski definition) is 1. The van der Waals surface area contributed by atoms with E-state index in [0.717, 1.165) is 5.25 Å². The molecule has 0 N–H and O–H groups in total. The molecule has 0 aromatic rings. The highest BCUT2D eigenvalue weighted by molar-refractivity contribution is 8.68. The summed E-state index contributed by atoms with van der Waals surface area (Å²) in [7, 11) is 1.59. The van der Waals surface area contributed by atoms with Crippen LogP contribution in [0.5, 0.6) is 0 Å². The van der Waals surface area contributed by atoms with Crippen LogP contribution in [-0.4, -0.2) is 5.25 Å². The highest BCUT2D eigenvalue weighted by atomic mass is 33.1. The van der Waals surface area contributed by atoms with E-state index in [4.69, 9.17) is 11.7 Å². The Labute approximate surface area is 47.5 Å². The van der Waals surface area contributed by atoms with Crippen LogP contribution in [0.2, 0.25) is 0 Å².